The number of benzene rings is 5. The number of hydrogen-bond acceptors (Lipinski definition) is 1. The molecular weight excluding hydrogens is 482 g/mol. The van der Waals surface area contributed by atoms with Gasteiger partial charge < -0.3 is 4.90 Å². The van der Waals surface area contributed by atoms with Gasteiger partial charge in [0.05, 0.1) is 6.04 Å². The van der Waals surface area contributed by atoms with Crippen molar-refractivity contribution in [2.45, 2.75) is 26.8 Å². The van der Waals surface area contributed by atoms with E-state index >= 15 is 0 Å². The molecule has 0 radical (unpaired) electrons. The summed E-state index contributed by atoms with van der Waals surface area (Å²) in [6.07, 6.45) is 4.45. The fourth-order valence-corrected chi connectivity index (χ4v) is 5.21. The second-order valence-corrected chi connectivity index (χ2v) is 10.7. The fraction of sp³-hybridized carbons (Fsp3) is 0.128. The third-order valence-electron chi connectivity index (χ3n) is 7.26. The molecule has 0 aliphatic rings. The Hall–Kier alpha value is -4.62. The van der Waals surface area contributed by atoms with Crippen LogP contribution in [-0.2, 0) is 0 Å². The van der Waals surface area contributed by atoms with E-state index < -0.39 is 0 Å². The summed E-state index contributed by atoms with van der Waals surface area (Å²) in [7, 11) is 0. The number of anilines is 2. The molecule has 198 valence electrons. The van der Waals surface area contributed by atoms with Gasteiger partial charge in [0, 0.05) is 16.9 Å². The van der Waals surface area contributed by atoms with Crippen molar-refractivity contribution in [1.29, 1.82) is 0 Å². The Labute approximate surface area is 239 Å². The molecule has 1 nitrogen and oxygen atoms in total. The number of allylic oxidation sites excluding steroid dienone is 2. The van der Waals surface area contributed by atoms with E-state index in [0.29, 0.717) is 5.92 Å². The molecule has 5 aromatic carbocycles. The van der Waals surface area contributed by atoms with E-state index in [1.54, 1.807) is 0 Å². The van der Waals surface area contributed by atoms with Gasteiger partial charge in [-0.25, -0.2) is 0 Å². The van der Waals surface area contributed by atoms with Gasteiger partial charge in [0.1, 0.15) is 0 Å². The van der Waals surface area contributed by atoms with E-state index in [1.165, 1.54) is 39.1 Å². The summed E-state index contributed by atoms with van der Waals surface area (Å²) in [6.45, 7) is 10.8. The maximum Gasteiger partial charge on any atom is 0.0548 e. The third kappa shape index (κ3) is 6.16. The topological polar surface area (TPSA) is 3.24 Å². The molecule has 0 N–H and O–H groups in total. The minimum absolute atomic E-state index is 0.136. The van der Waals surface area contributed by atoms with Gasteiger partial charge >= 0.3 is 0 Å². The third-order valence-corrected chi connectivity index (χ3v) is 7.26. The molecular formula is C39H37N. The van der Waals surface area contributed by atoms with E-state index in [-0.39, 0.29) is 6.04 Å². The molecule has 0 heterocycles. The molecule has 0 aliphatic carbocycles. The van der Waals surface area contributed by atoms with E-state index in [1.807, 2.05) is 0 Å². The molecule has 1 heteroatoms. The quantitative estimate of drug-likeness (QED) is 0.175. The molecule has 0 fully saturated rings. The lowest BCUT2D eigenvalue weighted by Crippen LogP contribution is -2.34. The van der Waals surface area contributed by atoms with Crippen molar-refractivity contribution in [2.75, 3.05) is 4.90 Å². The van der Waals surface area contributed by atoms with Crippen LogP contribution in [0.15, 0.2) is 158 Å². The normalized spacial score (nSPS) is 12.0. The summed E-state index contributed by atoms with van der Waals surface area (Å²) < 4.78 is 0. The number of para-hydroxylation sites is 1. The maximum atomic E-state index is 4.13. The Kier molecular flexibility index (Phi) is 8.42. The summed E-state index contributed by atoms with van der Waals surface area (Å²) >= 11 is 0. The van der Waals surface area contributed by atoms with Gasteiger partial charge in [-0.1, -0.05) is 153 Å². The molecule has 0 saturated heterocycles. The highest BCUT2D eigenvalue weighted by Crippen LogP contribution is 2.40. The highest BCUT2D eigenvalue weighted by Gasteiger charge is 2.24. The standard InChI is InChI=1S/C39H37N/c1-29(2)22-27-38(30(3)4)40(39-21-12-11-20-37(39)34-16-9-6-10-17-34)36-19-13-18-35(28-36)33-25-23-32(24-26-33)31-14-7-5-8-15-31/h5-28,30,38H,1H2,2-4H3. The van der Waals surface area contributed by atoms with Crippen LogP contribution in [0, 0.1) is 5.92 Å². The van der Waals surface area contributed by atoms with Gasteiger partial charge in [0.15, 0.2) is 0 Å². The highest BCUT2D eigenvalue weighted by atomic mass is 15.2. The Morgan fingerprint density at radius 3 is 1.75 bits per heavy atom. The monoisotopic (exact) mass is 519 g/mol. The van der Waals surface area contributed by atoms with Crippen LogP contribution in [0.3, 0.4) is 0 Å². The second-order valence-electron chi connectivity index (χ2n) is 10.7. The predicted octanol–water partition coefficient (Wildman–Crippen LogP) is 11.0. The van der Waals surface area contributed by atoms with Crippen LogP contribution in [0.25, 0.3) is 33.4 Å². The van der Waals surface area contributed by atoms with Gasteiger partial charge in [0.2, 0.25) is 0 Å². The van der Waals surface area contributed by atoms with E-state index in [2.05, 4.69) is 178 Å². The summed E-state index contributed by atoms with van der Waals surface area (Å²) in [4.78, 5) is 2.49. The van der Waals surface area contributed by atoms with Gasteiger partial charge in [0.25, 0.3) is 0 Å². The van der Waals surface area contributed by atoms with Gasteiger partial charge in [-0.2, -0.15) is 0 Å². The van der Waals surface area contributed by atoms with Crippen LogP contribution in [-0.4, -0.2) is 6.04 Å². The zero-order chi connectivity index (χ0) is 27.9. The molecule has 0 aromatic heterocycles. The molecule has 0 bridgehead atoms. The molecule has 40 heavy (non-hydrogen) atoms. The van der Waals surface area contributed by atoms with E-state index in [0.717, 1.165) is 11.3 Å². The van der Waals surface area contributed by atoms with Crippen molar-refractivity contribution in [3.05, 3.63) is 158 Å². The minimum Gasteiger partial charge on any atom is -0.334 e. The minimum atomic E-state index is 0.136. The first kappa shape index (κ1) is 27.0. The van der Waals surface area contributed by atoms with Crippen molar-refractivity contribution >= 4 is 11.4 Å². The Morgan fingerprint density at radius 2 is 1.12 bits per heavy atom. The van der Waals surface area contributed by atoms with Crippen molar-refractivity contribution in [3.63, 3.8) is 0 Å². The van der Waals surface area contributed by atoms with Crippen molar-refractivity contribution < 1.29 is 0 Å². The van der Waals surface area contributed by atoms with Crippen LogP contribution >= 0.6 is 0 Å². The van der Waals surface area contributed by atoms with Crippen LogP contribution in [0.4, 0.5) is 11.4 Å². The highest BCUT2D eigenvalue weighted by molar-refractivity contribution is 5.84. The van der Waals surface area contributed by atoms with Gasteiger partial charge in [-0.3, -0.25) is 0 Å². The van der Waals surface area contributed by atoms with Crippen LogP contribution in [0.5, 0.6) is 0 Å². The summed E-state index contributed by atoms with van der Waals surface area (Å²) in [6, 6.07) is 47.9. The molecule has 0 spiro atoms. The zero-order valence-electron chi connectivity index (χ0n) is 23.7. The lowest BCUT2D eigenvalue weighted by atomic mass is 9.95. The number of rotatable bonds is 9. The fourth-order valence-electron chi connectivity index (χ4n) is 5.21. The average Bonchev–Trinajstić information content (AvgIpc) is 3.00. The molecule has 1 atom stereocenters. The second kappa shape index (κ2) is 12.5. The summed E-state index contributed by atoms with van der Waals surface area (Å²) in [5.41, 5.74) is 10.7. The first-order chi connectivity index (χ1) is 19.5. The first-order valence-electron chi connectivity index (χ1n) is 14.0. The smallest absolute Gasteiger partial charge is 0.0548 e. The van der Waals surface area contributed by atoms with Crippen molar-refractivity contribution in [3.8, 4) is 33.4 Å². The Balaban J connectivity index is 1.62. The SMILES string of the molecule is C=C(C)C=CC(C(C)C)N(c1cccc(-c2ccc(-c3ccccc3)cc2)c1)c1ccccc1-c1ccccc1. The Morgan fingerprint density at radius 1 is 0.600 bits per heavy atom. The number of nitrogens with zero attached hydrogens (tertiary/aromatic N) is 1. The predicted molar refractivity (Wildman–Crippen MR) is 174 cm³/mol. The van der Waals surface area contributed by atoms with Crippen molar-refractivity contribution in [2.24, 2.45) is 5.92 Å². The number of hydrogen-bond donors (Lipinski definition) is 0. The van der Waals surface area contributed by atoms with Gasteiger partial charge in [-0.15, -0.1) is 0 Å². The molecule has 0 saturated carbocycles. The van der Waals surface area contributed by atoms with E-state index in [4.69, 9.17) is 0 Å². The molecule has 0 aliphatic heterocycles. The molecule has 1 unspecified atom stereocenters. The van der Waals surface area contributed by atoms with E-state index in [9.17, 15) is 0 Å². The molecule has 5 rings (SSSR count). The van der Waals surface area contributed by atoms with Crippen LogP contribution in [0.1, 0.15) is 20.8 Å². The largest absolute Gasteiger partial charge is 0.334 e. The van der Waals surface area contributed by atoms with Crippen LogP contribution < -0.4 is 4.90 Å². The lowest BCUT2D eigenvalue weighted by molar-refractivity contribution is 0.559. The van der Waals surface area contributed by atoms with Gasteiger partial charge in [-0.05, 0) is 58.9 Å². The molecule has 5 aromatic rings. The Bertz CT molecular complexity index is 1580. The average molecular weight is 520 g/mol. The van der Waals surface area contributed by atoms with Crippen LogP contribution in [0.2, 0.25) is 0 Å². The summed E-state index contributed by atoms with van der Waals surface area (Å²) in [5.74, 6) is 0.369. The van der Waals surface area contributed by atoms with Crippen molar-refractivity contribution in [1.82, 2.24) is 0 Å². The lowest BCUT2D eigenvalue weighted by Gasteiger charge is -2.36. The summed E-state index contributed by atoms with van der Waals surface area (Å²) in [5, 5.41) is 0. The molecule has 0 amide bonds. The zero-order valence-corrected chi connectivity index (χ0v) is 23.7. The maximum absolute atomic E-state index is 4.13. The first-order valence-corrected chi connectivity index (χ1v) is 14.0.